The summed E-state index contributed by atoms with van der Waals surface area (Å²) in [5.74, 6) is -1.38. The van der Waals surface area contributed by atoms with Gasteiger partial charge >= 0.3 is 5.97 Å². The van der Waals surface area contributed by atoms with E-state index < -0.39 is 10.9 Å². The van der Waals surface area contributed by atoms with E-state index in [2.05, 4.69) is 5.32 Å². The molecule has 1 fully saturated rings. The lowest BCUT2D eigenvalue weighted by atomic mass is 10.2. The molecule has 1 aliphatic heterocycles. The fraction of sp³-hybridized carbons (Fsp3) is 0.333. The highest BCUT2D eigenvalue weighted by molar-refractivity contribution is 8.26. The summed E-state index contributed by atoms with van der Waals surface area (Å²) in [6, 6.07) is 5.84. The smallest absolute Gasteiger partial charge is 0.303 e. The van der Waals surface area contributed by atoms with Crippen molar-refractivity contribution < 1.29 is 24.4 Å². The Kier molecular flexibility index (Phi) is 8.28. The van der Waals surface area contributed by atoms with E-state index in [0.717, 1.165) is 11.8 Å². The van der Waals surface area contributed by atoms with E-state index >= 15 is 0 Å². The molecule has 0 aromatic heterocycles. The molecule has 0 unspecified atom stereocenters. The highest BCUT2D eigenvalue weighted by Gasteiger charge is 2.31. The Balaban J connectivity index is 1.83. The van der Waals surface area contributed by atoms with Crippen molar-refractivity contribution in [2.24, 2.45) is 0 Å². The molecule has 0 atom stereocenters. The lowest BCUT2D eigenvalue weighted by Gasteiger charge is -2.14. The third-order valence-corrected chi connectivity index (χ3v) is 5.33. The molecule has 29 heavy (non-hydrogen) atoms. The molecular weight excluding hydrogens is 418 g/mol. The second-order valence-corrected chi connectivity index (χ2v) is 7.81. The van der Waals surface area contributed by atoms with Crippen molar-refractivity contribution in [3.8, 4) is 0 Å². The van der Waals surface area contributed by atoms with Gasteiger partial charge in [-0.15, -0.1) is 0 Å². The summed E-state index contributed by atoms with van der Waals surface area (Å²) in [7, 11) is 0. The van der Waals surface area contributed by atoms with Gasteiger partial charge in [0.25, 0.3) is 11.6 Å². The number of nitro benzene ring substituents is 1. The van der Waals surface area contributed by atoms with Gasteiger partial charge in [-0.25, -0.2) is 0 Å². The van der Waals surface area contributed by atoms with Gasteiger partial charge < -0.3 is 10.4 Å². The van der Waals surface area contributed by atoms with Crippen LogP contribution in [-0.2, 0) is 14.4 Å². The molecule has 0 bridgehead atoms. The maximum atomic E-state index is 12.5. The van der Waals surface area contributed by atoms with Crippen molar-refractivity contribution in [3.63, 3.8) is 0 Å². The Hall–Kier alpha value is -2.79. The average Bonchev–Trinajstić information content (AvgIpc) is 2.93. The van der Waals surface area contributed by atoms with Crippen molar-refractivity contribution in [3.05, 3.63) is 44.8 Å². The number of benzene rings is 1. The summed E-state index contributed by atoms with van der Waals surface area (Å²) in [6.07, 6.45) is 2.60. The van der Waals surface area contributed by atoms with Gasteiger partial charge in [-0.3, -0.25) is 29.4 Å². The average molecular weight is 437 g/mol. The number of nitro groups is 1. The number of hydrogen-bond acceptors (Lipinski definition) is 7. The molecular formula is C18H19N3O6S2. The molecule has 2 amide bonds. The first-order valence-corrected chi connectivity index (χ1v) is 9.98. The number of carboxylic acids is 1. The second kappa shape index (κ2) is 10.7. The van der Waals surface area contributed by atoms with Gasteiger partial charge in [0.1, 0.15) is 4.32 Å². The molecule has 1 saturated heterocycles. The number of thiocarbonyl (C=S) groups is 1. The third kappa shape index (κ3) is 6.95. The largest absolute Gasteiger partial charge is 0.481 e. The zero-order chi connectivity index (χ0) is 21.4. The van der Waals surface area contributed by atoms with Crippen molar-refractivity contribution in [1.82, 2.24) is 10.2 Å². The van der Waals surface area contributed by atoms with Crippen LogP contribution in [0, 0.1) is 10.1 Å². The number of non-ortho nitro benzene ring substituents is 1. The highest BCUT2D eigenvalue weighted by atomic mass is 32.2. The Bertz CT molecular complexity index is 854. The molecule has 0 saturated carbocycles. The lowest BCUT2D eigenvalue weighted by molar-refractivity contribution is -0.384. The van der Waals surface area contributed by atoms with E-state index in [9.17, 15) is 24.5 Å². The normalized spacial score (nSPS) is 15.0. The molecule has 1 aliphatic rings. The number of carboxylic acid groups (broad SMARTS) is 1. The first kappa shape index (κ1) is 22.5. The zero-order valence-corrected chi connectivity index (χ0v) is 17.0. The van der Waals surface area contributed by atoms with Crippen LogP contribution in [0.5, 0.6) is 0 Å². The number of thioether (sulfide) groups is 1. The molecule has 1 aromatic carbocycles. The number of nitrogens with zero attached hydrogens (tertiary/aromatic N) is 2. The lowest BCUT2D eigenvalue weighted by Crippen LogP contribution is -2.31. The standard InChI is InChI=1S/C18H19N3O6S2/c22-15(19-9-1-4-16(23)24)3-2-10-20-17(25)14(29-18(20)28)11-12-5-7-13(8-6-12)21(26)27/h5-8,11H,1-4,9-10H2,(H,19,22)(H,23,24)/b14-11-. The van der Waals surface area contributed by atoms with Gasteiger partial charge in [0, 0.05) is 38.1 Å². The molecule has 11 heteroatoms. The first-order valence-electron chi connectivity index (χ1n) is 8.76. The van der Waals surface area contributed by atoms with Crippen molar-refractivity contribution in [1.29, 1.82) is 0 Å². The van der Waals surface area contributed by atoms with E-state index in [0.29, 0.717) is 40.7 Å². The Morgan fingerprint density at radius 3 is 2.55 bits per heavy atom. The van der Waals surface area contributed by atoms with Gasteiger partial charge in [0.2, 0.25) is 5.91 Å². The van der Waals surface area contributed by atoms with E-state index in [-0.39, 0.29) is 30.3 Å². The zero-order valence-electron chi connectivity index (χ0n) is 15.3. The third-order valence-electron chi connectivity index (χ3n) is 3.95. The van der Waals surface area contributed by atoms with Gasteiger partial charge in [0.15, 0.2) is 0 Å². The maximum Gasteiger partial charge on any atom is 0.303 e. The number of nitrogens with one attached hydrogen (secondary N) is 1. The Morgan fingerprint density at radius 2 is 1.93 bits per heavy atom. The summed E-state index contributed by atoms with van der Waals surface area (Å²) in [5, 5.41) is 21.9. The van der Waals surface area contributed by atoms with E-state index in [4.69, 9.17) is 17.3 Å². The molecule has 154 valence electrons. The number of rotatable bonds is 10. The van der Waals surface area contributed by atoms with Crippen molar-refractivity contribution in [2.75, 3.05) is 13.1 Å². The van der Waals surface area contributed by atoms with E-state index in [1.165, 1.54) is 17.0 Å². The summed E-state index contributed by atoms with van der Waals surface area (Å²) >= 11 is 6.38. The van der Waals surface area contributed by atoms with Crippen LogP contribution >= 0.6 is 24.0 Å². The van der Waals surface area contributed by atoms with Gasteiger partial charge in [-0.2, -0.15) is 0 Å². The molecule has 2 rings (SSSR count). The number of carbonyl (C=O) groups excluding carboxylic acids is 2. The van der Waals surface area contributed by atoms with E-state index in [1.807, 2.05) is 0 Å². The quantitative estimate of drug-likeness (QED) is 0.188. The summed E-state index contributed by atoms with van der Waals surface area (Å²) < 4.78 is 0.394. The molecule has 0 spiro atoms. The first-order chi connectivity index (χ1) is 13.8. The van der Waals surface area contributed by atoms with Crippen LogP contribution in [0.15, 0.2) is 29.2 Å². The molecule has 2 N–H and O–H groups in total. The minimum atomic E-state index is -0.907. The predicted octanol–water partition coefficient (Wildman–Crippen LogP) is 2.56. The number of aliphatic carboxylic acids is 1. The summed E-state index contributed by atoms with van der Waals surface area (Å²) in [4.78, 5) is 46.7. The highest BCUT2D eigenvalue weighted by Crippen LogP contribution is 2.32. The minimum absolute atomic E-state index is 0.00206. The van der Waals surface area contributed by atoms with Crippen LogP contribution < -0.4 is 5.32 Å². The second-order valence-electron chi connectivity index (χ2n) is 6.13. The maximum absolute atomic E-state index is 12.5. The Morgan fingerprint density at radius 1 is 1.24 bits per heavy atom. The molecule has 0 radical (unpaired) electrons. The van der Waals surface area contributed by atoms with Crippen LogP contribution in [-0.4, -0.2) is 50.1 Å². The monoisotopic (exact) mass is 437 g/mol. The summed E-state index contributed by atoms with van der Waals surface area (Å²) in [5.41, 5.74) is 0.618. The van der Waals surface area contributed by atoms with Gasteiger partial charge in [0.05, 0.1) is 9.83 Å². The van der Waals surface area contributed by atoms with Crippen LogP contribution in [0.1, 0.15) is 31.2 Å². The topological polar surface area (TPSA) is 130 Å². The number of carbonyl (C=O) groups is 3. The van der Waals surface area contributed by atoms with E-state index in [1.54, 1.807) is 18.2 Å². The Labute approximate surface area is 176 Å². The van der Waals surface area contributed by atoms with Crippen LogP contribution in [0.2, 0.25) is 0 Å². The van der Waals surface area contributed by atoms with Crippen molar-refractivity contribution >= 4 is 57.8 Å². The van der Waals surface area contributed by atoms with Gasteiger partial charge in [-0.05, 0) is 36.6 Å². The van der Waals surface area contributed by atoms with Crippen molar-refractivity contribution in [2.45, 2.75) is 25.7 Å². The van der Waals surface area contributed by atoms with Gasteiger partial charge in [-0.1, -0.05) is 24.0 Å². The predicted molar refractivity (Wildman–Crippen MR) is 112 cm³/mol. The van der Waals surface area contributed by atoms with Crippen LogP contribution in [0.4, 0.5) is 5.69 Å². The van der Waals surface area contributed by atoms with Crippen LogP contribution in [0.3, 0.4) is 0 Å². The summed E-state index contributed by atoms with van der Waals surface area (Å²) in [6.45, 7) is 0.592. The SMILES string of the molecule is O=C(O)CCCNC(=O)CCCN1C(=O)/C(=C/c2ccc([N+](=O)[O-])cc2)SC1=S. The molecule has 9 nitrogen and oxygen atoms in total. The fourth-order valence-electron chi connectivity index (χ4n) is 2.49. The molecule has 1 heterocycles. The molecule has 1 aromatic rings. The number of amides is 2. The fourth-order valence-corrected chi connectivity index (χ4v) is 3.80. The molecule has 0 aliphatic carbocycles. The van der Waals surface area contributed by atoms with Crippen LogP contribution in [0.25, 0.3) is 6.08 Å². The number of hydrogen-bond donors (Lipinski definition) is 2. The minimum Gasteiger partial charge on any atom is -0.481 e.